The number of aliphatic hydroxyl groups excluding tert-OH is 1. The van der Waals surface area contributed by atoms with Gasteiger partial charge in [0.1, 0.15) is 11.6 Å². The van der Waals surface area contributed by atoms with E-state index in [4.69, 9.17) is 4.74 Å². The van der Waals surface area contributed by atoms with Crippen LogP contribution >= 0.6 is 0 Å². The molecule has 1 aromatic carbocycles. The van der Waals surface area contributed by atoms with Gasteiger partial charge in [0.2, 0.25) is 0 Å². The molecule has 106 valence electrons. The molecule has 3 heteroatoms. The third-order valence-corrected chi connectivity index (χ3v) is 4.27. The molecule has 0 spiro atoms. The number of hydrogen-bond acceptors (Lipinski definition) is 2. The zero-order valence-electron chi connectivity index (χ0n) is 11.9. The maximum Gasteiger partial charge on any atom is 0.132 e. The summed E-state index contributed by atoms with van der Waals surface area (Å²) in [6.07, 6.45) is 2.62. The molecule has 1 saturated carbocycles. The van der Waals surface area contributed by atoms with Crippen LogP contribution in [-0.2, 0) is 0 Å². The van der Waals surface area contributed by atoms with Crippen molar-refractivity contribution in [1.82, 2.24) is 0 Å². The summed E-state index contributed by atoms with van der Waals surface area (Å²) >= 11 is 0. The monoisotopic (exact) mass is 266 g/mol. The normalized spacial score (nSPS) is 29.0. The van der Waals surface area contributed by atoms with E-state index in [1.165, 1.54) is 12.5 Å². The van der Waals surface area contributed by atoms with Crippen LogP contribution < -0.4 is 4.74 Å². The molecule has 3 unspecified atom stereocenters. The summed E-state index contributed by atoms with van der Waals surface area (Å²) in [7, 11) is 0. The van der Waals surface area contributed by atoms with Gasteiger partial charge in [0, 0.05) is 11.6 Å². The van der Waals surface area contributed by atoms with Crippen molar-refractivity contribution < 1.29 is 14.2 Å². The Morgan fingerprint density at radius 1 is 1.26 bits per heavy atom. The Kier molecular flexibility index (Phi) is 4.46. The maximum atomic E-state index is 13.8. The van der Waals surface area contributed by atoms with E-state index in [1.807, 2.05) is 0 Å². The van der Waals surface area contributed by atoms with Gasteiger partial charge in [0.15, 0.2) is 0 Å². The lowest BCUT2D eigenvalue weighted by Gasteiger charge is -2.32. The predicted molar refractivity (Wildman–Crippen MR) is 73.6 cm³/mol. The van der Waals surface area contributed by atoms with Crippen LogP contribution in [0.3, 0.4) is 0 Å². The summed E-state index contributed by atoms with van der Waals surface area (Å²) in [5.74, 6) is 1.56. The van der Waals surface area contributed by atoms with Gasteiger partial charge >= 0.3 is 0 Å². The fourth-order valence-corrected chi connectivity index (χ4v) is 2.72. The quantitative estimate of drug-likeness (QED) is 0.893. The standard InChI is InChI=1S/C16H23FO2/c1-10-4-5-13(8-11(10)2)19-14-6-7-15(12(3)18)16(17)9-14/h6-7,9-13,18H,4-5,8H2,1-3H3/t10?,11?,12-,13?/m0/s1. The van der Waals surface area contributed by atoms with Crippen LogP contribution in [0.1, 0.15) is 51.7 Å². The molecule has 19 heavy (non-hydrogen) atoms. The van der Waals surface area contributed by atoms with Crippen LogP contribution in [0.4, 0.5) is 4.39 Å². The summed E-state index contributed by atoms with van der Waals surface area (Å²) in [6, 6.07) is 4.73. The third-order valence-electron chi connectivity index (χ3n) is 4.27. The molecule has 0 aromatic heterocycles. The second-order valence-electron chi connectivity index (χ2n) is 5.87. The first-order chi connectivity index (χ1) is 8.97. The van der Waals surface area contributed by atoms with E-state index in [0.29, 0.717) is 17.2 Å². The van der Waals surface area contributed by atoms with Crippen molar-refractivity contribution in [3.05, 3.63) is 29.6 Å². The first-order valence-corrected chi connectivity index (χ1v) is 7.11. The average molecular weight is 266 g/mol. The second kappa shape index (κ2) is 5.91. The lowest BCUT2D eigenvalue weighted by atomic mass is 9.80. The minimum Gasteiger partial charge on any atom is -0.490 e. The highest BCUT2D eigenvalue weighted by molar-refractivity contribution is 5.30. The first kappa shape index (κ1) is 14.3. The number of hydrogen-bond donors (Lipinski definition) is 1. The van der Waals surface area contributed by atoms with Crippen molar-refractivity contribution in [2.75, 3.05) is 0 Å². The Morgan fingerprint density at radius 3 is 2.58 bits per heavy atom. The highest BCUT2D eigenvalue weighted by Gasteiger charge is 2.25. The summed E-state index contributed by atoms with van der Waals surface area (Å²) in [5.41, 5.74) is 0.318. The Labute approximate surface area is 114 Å². The molecular weight excluding hydrogens is 243 g/mol. The Bertz CT molecular complexity index is 431. The Balaban J connectivity index is 2.02. The molecule has 0 amide bonds. The fraction of sp³-hybridized carbons (Fsp3) is 0.625. The molecule has 2 rings (SSSR count). The first-order valence-electron chi connectivity index (χ1n) is 7.11. The van der Waals surface area contributed by atoms with E-state index >= 15 is 0 Å². The van der Waals surface area contributed by atoms with Crippen LogP contribution in [-0.4, -0.2) is 11.2 Å². The third kappa shape index (κ3) is 3.47. The molecule has 1 aliphatic rings. The zero-order chi connectivity index (χ0) is 14.0. The lowest BCUT2D eigenvalue weighted by Crippen LogP contribution is -2.28. The second-order valence-corrected chi connectivity index (χ2v) is 5.87. The number of rotatable bonds is 3. The van der Waals surface area contributed by atoms with E-state index in [1.54, 1.807) is 19.1 Å². The highest BCUT2D eigenvalue weighted by Crippen LogP contribution is 2.32. The van der Waals surface area contributed by atoms with Gasteiger partial charge in [-0.3, -0.25) is 0 Å². The van der Waals surface area contributed by atoms with Crippen molar-refractivity contribution in [2.45, 2.75) is 52.2 Å². The molecule has 1 N–H and O–H groups in total. The van der Waals surface area contributed by atoms with Gasteiger partial charge in [0.25, 0.3) is 0 Å². The summed E-state index contributed by atoms with van der Waals surface area (Å²) < 4.78 is 19.6. The molecule has 1 aliphatic carbocycles. The molecule has 1 aromatic rings. The smallest absolute Gasteiger partial charge is 0.132 e. The van der Waals surface area contributed by atoms with E-state index in [9.17, 15) is 9.50 Å². The van der Waals surface area contributed by atoms with Crippen LogP contribution in [0.5, 0.6) is 5.75 Å². The molecule has 2 nitrogen and oxygen atoms in total. The minimum atomic E-state index is -0.787. The lowest BCUT2D eigenvalue weighted by molar-refractivity contribution is 0.100. The predicted octanol–water partition coefficient (Wildman–Crippen LogP) is 4.08. The molecule has 4 atom stereocenters. The van der Waals surface area contributed by atoms with Gasteiger partial charge in [-0.25, -0.2) is 4.39 Å². The van der Waals surface area contributed by atoms with E-state index in [-0.39, 0.29) is 6.10 Å². The maximum absolute atomic E-state index is 13.8. The summed E-state index contributed by atoms with van der Waals surface area (Å²) in [4.78, 5) is 0. The van der Waals surface area contributed by atoms with E-state index in [2.05, 4.69) is 13.8 Å². The van der Waals surface area contributed by atoms with Crippen LogP contribution in [0.25, 0.3) is 0 Å². The summed E-state index contributed by atoms with van der Waals surface area (Å²) in [6.45, 7) is 6.08. The minimum absolute atomic E-state index is 0.183. The molecule has 0 bridgehead atoms. The molecule has 0 saturated heterocycles. The van der Waals surface area contributed by atoms with Gasteiger partial charge in [-0.1, -0.05) is 13.8 Å². The number of aliphatic hydroxyl groups is 1. The molecule has 0 heterocycles. The molecular formula is C16H23FO2. The van der Waals surface area contributed by atoms with Gasteiger partial charge in [-0.2, -0.15) is 0 Å². The molecule has 0 radical (unpaired) electrons. The number of benzene rings is 1. The Hall–Kier alpha value is -1.09. The van der Waals surface area contributed by atoms with Crippen molar-refractivity contribution in [2.24, 2.45) is 11.8 Å². The van der Waals surface area contributed by atoms with Crippen LogP contribution in [0.15, 0.2) is 18.2 Å². The van der Waals surface area contributed by atoms with Crippen LogP contribution in [0.2, 0.25) is 0 Å². The number of halogens is 1. The molecule has 1 fully saturated rings. The zero-order valence-corrected chi connectivity index (χ0v) is 11.9. The summed E-state index contributed by atoms with van der Waals surface area (Å²) in [5, 5.41) is 9.40. The fourth-order valence-electron chi connectivity index (χ4n) is 2.72. The van der Waals surface area contributed by atoms with Gasteiger partial charge < -0.3 is 9.84 Å². The number of ether oxygens (including phenoxy) is 1. The average Bonchev–Trinajstić information content (AvgIpc) is 2.33. The van der Waals surface area contributed by atoms with Gasteiger partial charge in [0.05, 0.1) is 12.2 Å². The Morgan fingerprint density at radius 2 is 2.00 bits per heavy atom. The van der Waals surface area contributed by atoms with E-state index < -0.39 is 11.9 Å². The molecule has 0 aliphatic heterocycles. The van der Waals surface area contributed by atoms with Crippen molar-refractivity contribution >= 4 is 0 Å². The van der Waals surface area contributed by atoms with Crippen molar-refractivity contribution in [3.8, 4) is 5.75 Å². The topological polar surface area (TPSA) is 29.5 Å². The van der Waals surface area contributed by atoms with Gasteiger partial charge in [-0.15, -0.1) is 0 Å². The van der Waals surface area contributed by atoms with Crippen LogP contribution in [0, 0.1) is 17.7 Å². The SMILES string of the molecule is CC1CCC(Oc2ccc([C@H](C)O)c(F)c2)CC1C. The largest absolute Gasteiger partial charge is 0.490 e. The van der Waals surface area contributed by atoms with Crippen molar-refractivity contribution in [1.29, 1.82) is 0 Å². The van der Waals surface area contributed by atoms with Gasteiger partial charge in [-0.05, 0) is 50.2 Å². The van der Waals surface area contributed by atoms with E-state index in [0.717, 1.165) is 18.8 Å². The van der Waals surface area contributed by atoms with Crippen molar-refractivity contribution in [3.63, 3.8) is 0 Å². The highest BCUT2D eigenvalue weighted by atomic mass is 19.1.